The number of thiophene rings is 1. The Morgan fingerprint density at radius 1 is 1.07 bits per heavy atom. The van der Waals surface area contributed by atoms with Gasteiger partial charge in [0.2, 0.25) is 0 Å². The number of rotatable bonds is 11. The minimum atomic E-state index is -0.598. The second-order valence-electron chi connectivity index (χ2n) is 5.26. The van der Waals surface area contributed by atoms with Crippen molar-refractivity contribution in [3.63, 3.8) is 0 Å². The molecule has 2 aromatic rings. The van der Waals surface area contributed by atoms with E-state index in [0.29, 0.717) is 24.7 Å². The Balaban J connectivity index is 1.95. The monoisotopic (exact) mass is 398 g/mol. The number of fused-ring (bicyclic) bond motifs is 1. The smallest absolute Gasteiger partial charge is 0.339 e. The zero-order chi connectivity index (χ0) is 19.6. The summed E-state index contributed by atoms with van der Waals surface area (Å²) >= 11 is 1.17. The van der Waals surface area contributed by atoms with Gasteiger partial charge in [0.25, 0.3) is 5.56 Å². The van der Waals surface area contributed by atoms with E-state index in [-0.39, 0.29) is 37.3 Å². The molecule has 0 aliphatic heterocycles. The molecule has 10 heteroatoms. The van der Waals surface area contributed by atoms with E-state index in [0.717, 1.165) is 4.57 Å². The summed E-state index contributed by atoms with van der Waals surface area (Å²) in [5.41, 5.74) is -0.339. The summed E-state index contributed by atoms with van der Waals surface area (Å²) in [5, 5.41) is 1.67. The Kier molecular flexibility index (Phi) is 8.37. The van der Waals surface area contributed by atoms with Crippen LogP contribution in [0.4, 0.5) is 0 Å². The van der Waals surface area contributed by atoms with Crippen LogP contribution in [0.25, 0.3) is 10.2 Å². The summed E-state index contributed by atoms with van der Waals surface area (Å²) in [5.74, 6) is -1.19. The van der Waals surface area contributed by atoms with Gasteiger partial charge < -0.3 is 18.9 Å². The first-order valence-corrected chi connectivity index (χ1v) is 9.41. The van der Waals surface area contributed by atoms with Gasteiger partial charge in [0.1, 0.15) is 18.0 Å². The largest absolute Gasteiger partial charge is 0.462 e. The highest BCUT2D eigenvalue weighted by molar-refractivity contribution is 7.17. The highest BCUT2D eigenvalue weighted by atomic mass is 32.1. The number of esters is 2. The minimum Gasteiger partial charge on any atom is -0.462 e. The van der Waals surface area contributed by atoms with E-state index in [4.69, 9.17) is 18.9 Å². The Morgan fingerprint density at radius 2 is 1.81 bits per heavy atom. The fraction of sp³-hybridized carbons (Fsp3) is 0.529. The third-order valence-corrected chi connectivity index (χ3v) is 4.31. The summed E-state index contributed by atoms with van der Waals surface area (Å²) < 4.78 is 21.4. The molecule has 0 saturated heterocycles. The summed E-state index contributed by atoms with van der Waals surface area (Å²) in [4.78, 5) is 41.0. The maximum atomic E-state index is 12.6. The maximum Gasteiger partial charge on any atom is 0.339 e. The molecular weight excluding hydrogens is 376 g/mol. The van der Waals surface area contributed by atoms with Crippen LogP contribution in [-0.4, -0.2) is 61.1 Å². The van der Waals surface area contributed by atoms with Crippen molar-refractivity contribution in [3.8, 4) is 0 Å². The van der Waals surface area contributed by atoms with Crippen molar-refractivity contribution in [3.05, 3.63) is 27.6 Å². The number of carbonyl (C=O) groups excluding carboxylic acids is 2. The minimum absolute atomic E-state index is 0.0713. The predicted octanol–water partition coefficient (Wildman–Crippen LogP) is 1.23. The van der Waals surface area contributed by atoms with Gasteiger partial charge in [0, 0.05) is 12.0 Å². The Labute approximate surface area is 159 Å². The summed E-state index contributed by atoms with van der Waals surface area (Å²) in [6, 6.07) is 0. The molecule has 0 aliphatic carbocycles. The van der Waals surface area contributed by atoms with Gasteiger partial charge in [-0.25, -0.2) is 9.78 Å². The van der Waals surface area contributed by atoms with Crippen molar-refractivity contribution in [2.75, 3.05) is 39.6 Å². The van der Waals surface area contributed by atoms with Crippen molar-refractivity contribution in [1.29, 1.82) is 0 Å². The molecule has 0 N–H and O–H groups in total. The normalized spacial score (nSPS) is 10.9. The molecule has 27 heavy (non-hydrogen) atoms. The van der Waals surface area contributed by atoms with E-state index >= 15 is 0 Å². The molecule has 0 fully saturated rings. The number of carbonyl (C=O) groups is 2. The lowest BCUT2D eigenvalue weighted by Crippen LogP contribution is -2.27. The number of ether oxygens (including phenoxy) is 4. The van der Waals surface area contributed by atoms with Gasteiger partial charge >= 0.3 is 11.9 Å². The zero-order valence-corrected chi connectivity index (χ0v) is 16.1. The summed E-state index contributed by atoms with van der Waals surface area (Å²) in [6.45, 7) is 5.29. The molecule has 0 aromatic carbocycles. The highest BCUT2D eigenvalue weighted by Gasteiger charge is 2.19. The molecule has 2 aromatic heterocycles. The van der Waals surface area contributed by atoms with Crippen LogP contribution in [0.2, 0.25) is 0 Å². The van der Waals surface area contributed by atoms with Gasteiger partial charge in [-0.1, -0.05) is 0 Å². The van der Waals surface area contributed by atoms with Crippen LogP contribution in [0.3, 0.4) is 0 Å². The van der Waals surface area contributed by atoms with Crippen LogP contribution in [-0.2, 0) is 30.3 Å². The Hall–Kier alpha value is -2.30. The maximum absolute atomic E-state index is 12.6. The first-order valence-electron chi connectivity index (χ1n) is 8.53. The second-order valence-corrected chi connectivity index (χ2v) is 6.12. The predicted molar refractivity (Wildman–Crippen MR) is 98.1 cm³/mol. The molecule has 148 valence electrons. The van der Waals surface area contributed by atoms with Crippen molar-refractivity contribution >= 4 is 33.5 Å². The van der Waals surface area contributed by atoms with Crippen LogP contribution >= 0.6 is 11.3 Å². The van der Waals surface area contributed by atoms with E-state index < -0.39 is 17.5 Å². The molecule has 0 atom stereocenters. The number of hydrogen-bond donors (Lipinski definition) is 0. The third-order valence-electron chi connectivity index (χ3n) is 3.42. The van der Waals surface area contributed by atoms with Crippen LogP contribution in [0.1, 0.15) is 24.2 Å². The molecular formula is C17H22N2O7S. The third kappa shape index (κ3) is 5.84. The van der Waals surface area contributed by atoms with E-state index in [2.05, 4.69) is 4.98 Å². The quantitative estimate of drug-likeness (QED) is 0.411. The molecule has 2 rings (SSSR count). The molecule has 0 radical (unpaired) electrons. The topological polar surface area (TPSA) is 106 Å². The molecule has 0 spiro atoms. The summed E-state index contributed by atoms with van der Waals surface area (Å²) in [6.07, 6.45) is 1.26. The van der Waals surface area contributed by atoms with Gasteiger partial charge in [-0.15, -0.1) is 11.3 Å². The second kappa shape index (κ2) is 10.8. The van der Waals surface area contributed by atoms with Crippen molar-refractivity contribution < 1.29 is 28.5 Å². The summed E-state index contributed by atoms with van der Waals surface area (Å²) in [7, 11) is 0. The van der Waals surface area contributed by atoms with Crippen molar-refractivity contribution in [2.45, 2.75) is 20.4 Å². The first-order chi connectivity index (χ1) is 13.1. The average molecular weight is 398 g/mol. The fourth-order valence-corrected chi connectivity index (χ4v) is 3.07. The van der Waals surface area contributed by atoms with E-state index in [1.807, 2.05) is 6.92 Å². The number of hydrogen-bond acceptors (Lipinski definition) is 9. The standard InChI is InChI=1S/C17H22N2O7S/c1-3-23-5-6-24-7-8-26-13(20)9-19-11-18-15-14(16(19)21)12(10-27-15)17(22)25-4-2/h10-11H,3-9H2,1-2H3. The number of aromatic nitrogens is 2. The van der Waals surface area contributed by atoms with Crippen LogP contribution in [0, 0.1) is 0 Å². The zero-order valence-electron chi connectivity index (χ0n) is 15.3. The Bertz CT molecular complexity index is 830. The van der Waals surface area contributed by atoms with Gasteiger partial charge in [0.05, 0.1) is 43.7 Å². The molecule has 0 amide bonds. The number of nitrogens with zero attached hydrogens (tertiary/aromatic N) is 2. The van der Waals surface area contributed by atoms with E-state index in [1.54, 1.807) is 6.92 Å². The van der Waals surface area contributed by atoms with Crippen molar-refractivity contribution in [1.82, 2.24) is 9.55 Å². The highest BCUT2D eigenvalue weighted by Crippen LogP contribution is 2.21. The van der Waals surface area contributed by atoms with Gasteiger partial charge in [0.15, 0.2) is 0 Å². The molecule has 0 saturated carbocycles. The van der Waals surface area contributed by atoms with E-state index in [1.165, 1.54) is 23.0 Å². The molecule has 9 nitrogen and oxygen atoms in total. The lowest BCUT2D eigenvalue weighted by molar-refractivity contribution is -0.146. The van der Waals surface area contributed by atoms with Crippen molar-refractivity contribution in [2.24, 2.45) is 0 Å². The van der Waals surface area contributed by atoms with Crippen LogP contribution in [0.15, 0.2) is 16.5 Å². The molecule has 0 aliphatic rings. The fourth-order valence-electron chi connectivity index (χ4n) is 2.20. The molecule has 0 unspecified atom stereocenters. The molecule has 2 heterocycles. The Morgan fingerprint density at radius 3 is 2.56 bits per heavy atom. The lowest BCUT2D eigenvalue weighted by atomic mass is 10.2. The van der Waals surface area contributed by atoms with Crippen LogP contribution < -0.4 is 5.56 Å². The van der Waals surface area contributed by atoms with E-state index in [9.17, 15) is 14.4 Å². The average Bonchev–Trinajstić information content (AvgIpc) is 3.08. The van der Waals surface area contributed by atoms with Crippen LogP contribution in [0.5, 0.6) is 0 Å². The molecule has 0 bridgehead atoms. The van der Waals surface area contributed by atoms with Gasteiger partial charge in [-0.3, -0.25) is 14.2 Å². The van der Waals surface area contributed by atoms with Gasteiger partial charge in [-0.2, -0.15) is 0 Å². The SMILES string of the molecule is CCOCCOCCOC(=O)Cn1cnc2scc(C(=O)OCC)c2c1=O. The lowest BCUT2D eigenvalue weighted by Gasteiger charge is -2.08. The van der Waals surface area contributed by atoms with Gasteiger partial charge in [-0.05, 0) is 13.8 Å². The first kappa shape index (κ1) is 21.0.